The molecule has 0 heterocycles. The van der Waals surface area contributed by atoms with Crippen LogP contribution < -0.4 is 0 Å². The van der Waals surface area contributed by atoms with Crippen molar-refractivity contribution in [2.24, 2.45) is 17.8 Å². The Morgan fingerprint density at radius 2 is 1.17 bits per heavy atom. The molecule has 10 heteroatoms. The van der Waals surface area contributed by atoms with E-state index in [1.54, 1.807) is 39.0 Å². The number of allylic oxidation sites excluding steroid dienone is 6. The fourth-order valence-electron chi connectivity index (χ4n) is 8.06. The van der Waals surface area contributed by atoms with Crippen LogP contribution in [-0.2, 0) is 32.4 Å². The van der Waals surface area contributed by atoms with Gasteiger partial charge in [0, 0.05) is 24.8 Å². The second-order valence-electron chi connectivity index (χ2n) is 14.4. The van der Waals surface area contributed by atoms with Crippen LogP contribution in [0.5, 0.6) is 0 Å². The van der Waals surface area contributed by atoms with Gasteiger partial charge in [-0.3, -0.25) is 14.4 Å². The van der Waals surface area contributed by atoms with Crippen molar-refractivity contribution in [2.75, 3.05) is 6.61 Å². The van der Waals surface area contributed by atoms with E-state index < -0.39 is 34.5 Å². The third-order valence-electron chi connectivity index (χ3n) is 10.3. The number of unbranched alkanes of at least 4 members (excludes halogenated alkanes) is 4. The number of hydrogen-bond donors (Lipinski definition) is 0. The highest BCUT2D eigenvalue weighted by Gasteiger charge is 2.63. The smallest absolute Gasteiger partial charge is 0.250 e. The van der Waals surface area contributed by atoms with Gasteiger partial charge in [-0.25, -0.2) is 0 Å². The van der Waals surface area contributed by atoms with Gasteiger partial charge in [0.05, 0.1) is 27.2 Å². The fourth-order valence-corrected chi connectivity index (χ4v) is 15.7. The van der Waals surface area contributed by atoms with Gasteiger partial charge in [-0.15, -0.1) is 0 Å². The van der Waals surface area contributed by atoms with Gasteiger partial charge in [-0.05, 0) is 91.4 Å². The summed E-state index contributed by atoms with van der Waals surface area (Å²) in [6.07, 6.45) is 21.7. The molecule has 0 bridgehead atoms. The standard InChI is InChI=1S/C37H66O7Si3/c1-9-11-12-13-14-16-33-18-20-34(21-19-33)35-17-15-22-36(41-23-10-2,45-42-30(6)24-27(3)38)37(35,46-43-31(7)25-28(4)39)47-44-32(8)26-29(5)40/h24-26,33-35H,9-23,45-47H2,1-8H3. The zero-order chi connectivity index (χ0) is 34.9. The van der Waals surface area contributed by atoms with Gasteiger partial charge < -0.3 is 18.0 Å². The summed E-state index contributed by atoms with van der Waals surface area (Å²) >= 11 is 0. The molecule has 2 rings (SSSR count). The van der Waals surface area contributed by atoms with Crippen LogP contribution in [0, 0.1) is 17.8 Å². The van der Waals surface area contributed by atoms with Crippen LogP contribution in [0.15, 0.2) is 35.5 Å². The lowest BCUT2D eigenvalue weighted by Crippen LogP contribution is -2.63. The van der Waals surface area contributed by atoms with E-state index in [0.29, 0.717) is 35.7 Å². The lowest BCUT2D eigenvalue weighted by atomic mass is 9.68. The Morgan fingerprint density at radius 1 is 0.660 bits per heavy atom. The molecule has 268 valence electrons. The Labute approximate surface area is 293 Å². The maximum Gasteiger partial charge on any atom is 0.250 e. The molecule has 0 aromatic carbocycles. The lowest BCUT2D eigenvalue weighted by Gasteiger charge is -2.58. The fraction of sp³-hybridized carbons (Fsp3) is 0.757. The lowest BCUT2D eigenvalue weighted by molar-refractivity contribution is -0.113. The number of ether oxygens (including phenoxy) is 1. The molecule has 0 radical (unpaired) electrons. The first kappa shape index (κ1) is 41.4. The van der Waals surface area contributed by atoms with Crippen molar-refractivity contribution < 1.29 is 32.4 Å². The maximum atomic E-state index is 12.0. The van der Waals surface area contributed by atoms with E-state index in [4.69, 9.17) is 18.0 Å². The SMILES string of the molecule is CCCCCCCC1CCC(C2CCCC(OCCC)([SiH2]OC(C)=CC(C)=O)C2([SiH2]OC(C)=CC(C)=O)[SiH2]OC(C)=CC(C)=O)CC1. The van der Waals surface area contributed by atoms with Gasteiger partial charge in [0.15, 0.2) is 17.3 Å². The summed E-state index contributed by atoms with van der Waals surface area (Å²) < 4.78 is 26.8. The Hall–Kier alpha value is -1.76. The maximum absolute atomic E-state index is 12.0. The second-order valence-corrected chi connectivity index (χ2v) is 20.8. The number of hydrogen-bond acceptors (Lipinski definition) is 7. The zero-order valence-corrected chi connectivity index (χ0v) is 35.3. The van der Waals surface area contributed by atoms with E-state index in [1.165, 1.54) is 64.2 Å². The minimum absolute atomic E-state index is 0.0244. The summed E-state index contributed by atoms with van der Waals surface area (Å²) in [5, 5.41) is -0.514. The first-order valence-electron chi connectivity index (χ1n) is 18.5. The number of ketones is 3. The Bertz CT molecular complexity index is 1060. The molecule has 2 unspecified atom stereocenters. The van der Waals surface area contributed by atoms with E-state index in [9.17, 15) is 14.4 Å². The molecule has 2 atom stereocenters. The predicted octanol–water partition coefficient (Wildman–Crippen LogP) is 6.97. The molecule has 0 saturated heterocycles. The van der Waals surface area contributed by atoms with Gasteiger partial charge in [0.2, 0.25) is 19.5 Å². The monoisotopic (exact) mass is 706 g/mol. The highest BCUT2D eigenvalue weighted by atomic mass is 28.3. The molecule has 0 N–H and O–H groups in total. The average Bonchev–Trinajstić information content (AvgIpc) is 3.00. The average molecular weight is 707 g/mol. The third kappa shape index (κ3) is 13.6. The molecule has 0 aromatic heterocycles. The first-order valence-corrected chi connectivity index (χ1v) is 22.3. The minimum Gasteiger partial charge on any atom is -0.552 e. The second kappa shape index (κ2) is 21.4. The largest absolute Gasteiger partial charge is 0.552 e. The molecule has 0 amide bonds. The molecule has 7 nitrogen and oxygen atoms in total. The van der Waals surface area contributed by atoms with E-state index in [-0.39, 0.29) is 22.0 Å². The molecule has 0 aliphatic heterocycles. The number of rotatable bonds is 22. The molecule has 0 spiro atoms. The van der Waals surface area contributed by atoms with E-state index in [2.05, 4.69) is 13.8 Å². The van der Waals surface area contributed by atoms with Crippen molar-refractivity contribution in [3.8, 4) is 0 Å². The number of carbonyl (C=O) groups excluding carboxylic acids is 3. The summed E-state index contributed by atoms with van der Waals surface area (Å²) in [6, 6.07) is 0. The van der Waals surface area contributed by atoms with Crippen LogP contribution in [0.4, 0.5) is 0 Å². The molecule has 2 saturated carbocycles. The van der Waals surface area contributed by atoms with Crippen molar-refractivity contribution in [3.05, 3.63) is 35.5 Å². The molecule has 2 fully saturated rings. The summed E-state index contributed by atoms with van der Waals surface area (Å²) in [5.74, 6) is 3.62. The first-order chi connectivity index (χ1) is 22.4. The molecular weight excluding hydrogens is 641 g/mol. The van der Waals surface area contributed by atoms with Crippen LogP contribution >= 0.6 is 0 Å². The van der Waals surface area contributed by atoms with Crippen molar-refractivity contribution in [3.63, 3.8) is 0 Å². The van der Waals surface area contributed by atoms with Crippen molar-refractivity contribution in [1.29, 1.82) is 0 Å². The molecule has 0 aromatic rings. The summed E-state index contributed by atoms with van der Waals surface area (Å²) in [6.45, 7) is 15.4. The summed E-state index contributed by atoms with van der Waals surface area (Å²) in [4.78, 5) is 36.0. The van der Waals surface area contributed by atoms with Crippen LogP contribution in [-0.4, -0.2) is 58.5 Å². The van der Waals surface area contributed by atoms with Gasteiger partial charge >= 0.3 is 0 Å². The molecule has 2 aliphatic carbocycles. The van der Waals surface area contributed by atoms with Crippen LogP contribution in [0.2, 0.25) is 4.66 Å². The minimum atomic E-state index is -1.39. The van der Waals surface area contributed by atoms with Gasteiger partial charge in [-0.2, -0.15) is 0 Å². The Balaban J connectivity index is 2.57. The summed E-state index contributed by atoms with van der Waals surface area (Å²) in [5.41, 5.74) is 0. The van der Waals surface area contributed by atoms with Gasteiger partial charge in [-0.1, -0.05) is 71.6 Å². The van der Waals surface area contributed by atoms with E-state index >= 15 is 0 Å². The van der Waals surface area contributed by atoms with Crippen LogP contribution in [0.25, 0.3) is 0 Å². The molecule has 47 heavy (non-hydrogen) atoms. The number of carbonyl (C=O) groups is 3. The Kier molecular flexibility index (Phi) is 18.8. The van der Waals surface area contributed by atoms with E-state index in [1.807, 2.05) is 20.8 Å². The van der Waals surface area contributed by atoms with Crippen molar-refractivity contribution in [1.82, 2.24) is 0 Å². The van der Waals surface area contributed by atoms with E-state index in [0.717, 1.165) is 31.6 Å². The normalized spacial score (nSPS) is 28.1. The molecular formula is C37H66O7Si3. The topological polar surface area (TPSA) is 88.1 Å². The summed E-state index contributed by atoms with van der Waals surface area (Å²) in [7, 11) is -4.15. The quantitative estimate of drug-likeness (QED) is 0.0520. The van der Waals surface area contributed by atoms with Crippen molar-refractivity contribution >= 4 is 46.6 Å². The third-order valence-corrected chi connectivity index (χ3v) is 19.5. The van der Waals surface area contributed by atoms with Crippen LogP contribution in [0.1, 0.15) is 145 Å². The van der Waals surface area contributed by atoms with Gasteiger partial charge in [0.25, 0.3) is 9.76 Å². The predicted molar refractivity (Wildman–Crippen MR) is 200 cm³/mol. The highest BCUT2D eigenvalue weighted by Crippen LogP contribution is 2.59. The Morgan fingerprint density at radius 3 is 1.66 bits per heavy atom. The van der Waals surface area contributed by atoms with Gasteiger partial charge in [0.1, 0.15) is 0 Å². The zero-order valence-electron chi connectivity index (χ0n) is 31.0. The highest BCUT2D eigenvalue weighted by molar-refractivity contribution is 6.60. The van der Waals surface area contributed by atoms with Crippen molar-refractivity contribution in [2.45, 2.75) is 155 Å². The molecule has 2 aliphatic rings. The van der Waals surface area contributed by atoms with Crippen LogP contribution in [0.3, 0.4) is 0 Å².